The molecule has 3 aromatic rings. The molecule has 0 aliphatic rings. The van der Waals surface area contributed by atoms with Crippen LogP contribution in [-0.2, 0) is 9.09 Å². The predicted molar refractivity (Wildman–Crippen MR) is 96.5 cm³/mol. The van der Waals surface area contributed by atoms with Gasteiger partial charge < -0.3 is 4.52 Å². The predicted octanol–water partition coefficient (Wildman–Crippen LogP) is 3.82. The van der Waals surface area contributed by atoms with Gasteiger partial charge >= 0.3 is 0 Å². The number of Topliss-reactive ketones (excluding diaryl/α,β-unsaturated/α-hetero) is 1. The maximum absolute atomic E-state index is 13.6. The van der Waals surface area contributed by atoms with Crippen LogP contribution in [0.4, 0.5) is 0 Å². The zero-order valence-corrected chi connectivity index (χ0v) is 13.9. The molecule has 3 nitrogen and oxygen atoms in total. The third-order valence-electron chi connectivity index (χ3n) is 3.67. The highest BCUT2D eigenvalue weighted by molar-refractivity contribution is 7.74. The molecule has 0 N–H and O–H groups in total. The van der Waals surface area contributed by atoms with Gasteiger partial charge in [-0.3, -0.25) is 9.36 Å². The molecule has 0 bridgehead atoms. The second kappa shape index (κ2) is 7.39. The largest absolute Gasteiger partial charge is 0.314 e. The molecule has 0 spiro atoms. The standard InChI is InChI=1S/C20H17O3P/c21-20(17-10-4-1-5-11-17)16-23-24(22,18-12-6-2-7-13-18)19-14-8-3-9-15-19/h1-15H,16H2. The molecule has 0 heterocycles. The minimum Gasteiger partial charge on any atom is -0.314 e. The molecule has 0 unspecified atom stereocenters. The van der Waals surface area contributed by atoms with E-state index in [1.165, 1.54) is 0 Å². The quantitative estimate of drug-likeness (QED) is 0.508. The molecular formula is C20H17O3P. The Morgan fingerprint density at radius 1 is 0.708 bits per heavy atom. The Hall–Kier alpha value is -2.48. The van der Waals surface area contributed by atoms with Gasteiger partial charge in [0.15, 0.2) is 5.78 Å². The van der Waals surface area contributed by atoms with Crippen LogP contribution in [-0.4, -0.2) is 12.4 Å². The van der Waals surface area contributed by atoms with Crippen LogP contribution in [0.2, 0.25) is 0 Å². The third kappa shape index (κ3) is 3.53. The molecule has 4 heteroatoms. The normalized spacial score (nSPS) is 11.2. The third-order valence-corrected chi connectivity index (χ3v) is 6.11. The minimum atomic E-state index is -3.32. The van der Waals surface area contributed by atoms with Gasteiger partial charge in [0.25, 0.3) is 7.37 Å². The van der Waals surface area contributed by atoms with E-state index in [0.717, 1.165) is 0 Å². The first-order chi connectivity index (χ1) is 11.7. The number of carbonyl (C=O) groups excluding carboxylic acids is 1. The molecule has 3 aromatic carbocycles. The fourth-order valence-electron chi connectivity index (χ4n) is 2.40. The van der Waals surface area contributed by atoms with Crippen molar-refractivity contribution in [3.8, 4) is 0 Å². The molecule has 0 saturated heterocycles. The average molecular weight is 336 g/mol. The molecule has 0 atom stereocenters. The molecule has 120 valence electrons. The summed E-state index contributed by atoms with van der Waals surface area (Å²) in [6, 6.07) is 26.9. The van der Waals surface area contributed by atoms with E-state index >= 15 is 0 Å². The Labute approximate surface area is 141 Å². The van der Waals surface area contributed by atoms with Crippen LogP contribution in [0.25, 0.3) is 0 Å². The first kappa shape index (κ1) is 16.4. The van der Waals surface area contributed by atoms with Crippen LogP contribution < -0.4 is 10.6 Å². The number of rotatable bonds is 6. The highest BCUT2D eigenvalue weighted by Crippen LogP contribution is 2.44. The van der Waals surface area contributed by atoms with E-state index < -0.39 is 7.37 Å². The first-order valence-corrected chi connectivity index (χ1v) is 9.27. The summed E-state index contributed by atoms with van der Waals surface area (Å²) in [5.41, 5.74) is 0.546. The van der Waals surface area contributed by atoms with Crippen molar-refractivity contribution in [3.05, 3.63) is 96.6 Å². The molecule has 3 rings (SSSR count). The summed E-state index contributed by atoms with van der Waals surface area (Å²) in [5, 5.41) is 1.16. The van der Waals surface area contributed by atoms with E-state index in [2.05, 4.69) is 0 Å². The minimum absolute atomic E-state index is 0.192. The van der Waals surface area contributed by atoms with Crippen molar-refractivity contribution in [1.82, 2.24) is 0 Å². The number of hydrogen-bond acceptors (Lipinski definition) is 3. The van der Waals surface area contributed by atoms with E-state index in [4.69, 9.17) is 4.52 Å². The molecule has 24 heavy (non-hydrogen) atoms. The van der Waals surface area contributed by atoms with Gasteiger partial charge in [-0.2, -0.15) is 0 Å². The Morgan fingerprint density at radius 2 is 1.12 bits per heavy atom. The molecule has 0 aromatic heterocycles. The summed E-state index contributed by atoms with van der Waals surface area (Å²) < 4.78 is 19.3. The average Bonchev–Trinajstić information content (AvgIpc) is 2.68. The summed E-state index contributed by atoms with van der Waals surface area (Å²) in [7, 11) is -3.32. The summed E-state index contributed by atoms with van der Waals surface area (Å²) in [6.45, 7) is -0.231. The number of hydrogen-bond donors (Lipinski definition) is 0. The van der Waals surface area contributed by atoms with Gasteiger partial charge in [0, 0.05) is 16.2 Å². The molecule has 0 radical (unpaired) electrons. The monoisotopic (exact) mass is 336 g/mol. The summed E-state index contributed by atoms with van der Waals surface area (Å²) in [5.74, 6) is -0.192. The van der Waals surface area contributed by atoms with Crippen molar-refractivity contribution >= 4 is 23.8 Å². The highest BCUT2D eigenvalue weighted by Gasteiger charge is 2.29. The van der Waals surface area contributed by atoms with Crippen LogP contribution in [0.5, 0.6) is 0 Å². The van der Waals surface area contributed by atoms with Gasteiger partial charge in [0.05, 0.1) is 0 Å². The van der Waals surface area contributed by atoms with Gasteiger partial charge in [-0.05, 0) is 24.3 Å². The molecular weight excluding hydrogens is 319 g/mol. The molecule has 0 fully saturated rings. The Morgan fingerprint density at radius 3 is 1.58 bits per heavy atom. The zero-order chi connectivity index (χ0) is 16.8. The van der Waals surface area contributed by atoms with Crippen LogP contribution in [0, 0.1) is 0 Å². The van der Waals surface area contributed by atoms with Crippen molar-refractivity contribution in [2.75, 3.05) is 6.61 Å². The van der Waals surface area contributed by atoms with Gasteiger partial charge in [-0.1, -0.05) is 66.7 Å². The van der Waals surface area contributed by atoms with Crippen molar-refractivity contribution < 1.29 is 13.9 Å². The second-order valence-corrected chi connectivity index (χ2v) is 7.68. The van der Waals surface area contributed by atoms with Gasteiger partial charge in [0.2, 0.25) is 0 Å². The highest BCUT2D eigenvalue weighted by atomic mass is 31.2. The van der Waals surface area contributed by atoms with Crippen LogP contribution in [0.15, 0.2) is 91.0 Å². The lowest BCUT2D eigenvalue weighted by Gasteiger charge is -2.19. The second-order valence-electron chi connectivity index (χ2n) is 5.29. The molecule has 0 aliphatic carbocycles. The van der Waals surface area contributed by atoms with Crippen molar-refractivity contribution in [1.29, 1.82) is 0 Å². The van der Waals surface area contributed by atoms with Crippen LogP contribution in [0.1, 0.15) is 10.4 Å². The number of carbonyl (C=O) groups is 1. The van der Waals surface area contributed by atoms with Crippen molar-refractivity contribution in [3.63, 3.8) is 0 Å². The lowest BCUT2D eigenvalue weighted by Crippen LogP contribution is -2.20. The van der Waals surface area contributed by atoms with Crippen LogP contribution in [0.3, 0.4) is 0 Å². The van der Waals surface area contributed by atoms with Gasteiger partial charge in [0.1, 0.15) is 6.61 Å². The van der Waals surface area contributed by atoms with E-state index in [9.17, 15) is 9.36 Å². The van der Waals surface area contributed by atoms with E-state index in [1.54, 1.807) is 48.5 Å². The maximum Gasteiger partial charge on any atom is 0.261 e. The Bertz CT molecular complexity index is 802. The topological polar surface area (TPSA) is 43.4 Å². The maximum atomic E-state index is 13.6. The van der Waals surface area contributed by atoms with Gasteiger partial charge in [-0.25, -0.2) is 0 Å². The Kier molecular flexibility index (Phi) is 5.05. The Balaban J connectivity index is 1.89. The molecule has 0 amide bonds. The fraction of sp³-hybridized carbons (Fsp3) is 0.0500. The summed E-state index contributed by atoms with van der Waals surface area (Å²) in [4.78, 5) is 12.3. The fourth-order valence-corrected chi connectivity index (χ4v) is 4.43. The molecule has 0 aliphatic heterocycles. The zero-order valence-electron chi connectivity index (χ0n) is 13.0. The summed E-state index contributed by atoms with van der Waals surface area (Å²) in [6.07, 6.45) is 0. The smallest absolute Gasteiger partial charge is 0.261 e. The molecule has 0 saturated carbocycles. The van der Waals surface area contributed by atoms with Crippen molar-refractivity contribution in [2.45, 2.75) is 0 Å². The first-order valence-electron chi connectivity index (χ1n) is 7.64. The SMILES string of the molecule is O=C(COP(=O)(c1ccccc1)c1ccccc1)c1ccccc1. The van der Waals surface area contributed by atoms with Crippen molar-refractivity contribution in [2.24, 2.45) is 0 Å². The van der Waals surface area contributed by atoms with E-state index in [-0.39, 0.29) is 12.4 Å². The lowest BCUT2D eigenvalue weighted by molar-refractivity contribution is 0.0925. The van der Waals surface area contributed by atoms with Gasteiger partial charge in [-0.15, -0.1) is 0 Å². The summed E-state index contributed by atoms with van der Waals surface area (Å²) >= 11 is 0. The van der Waals surface area contributed by atoms with E-state index in [1.807, 2.05) is 42.5 Å². The van der Waals surface area contributed by atoms with E-state index in [0.29, 0.717) is 16.2 Å². The number of benzene rings is 3. The lowest BCUT2D eigenvalue weighted by atomic mass is 10.1. The van der Waals surface area contributed by atoms with Crippen LogP contribution >= 0.6 is 7.37 Å². The number of ketones is 1.